The third kappa shape index (κ3) is 3.49. The van der Waals surface area contributed by atoms with Gasteiger partial charge in [-0.1, -0.05) is 6.92 Å². The summed E-state index contributed by atoms with van der Waals surface area (Å²) in [6.45, 7) is 2.47. The predicted octanol–water partition coefficient (Wildman–Crippen LogP) is 3.36. The van der Waals surface area contributed by atoms with Crippen LogP contribution in [0.3, 0.4) is 0 Å². The van der Waals surface area contributed by atoms with Crippen LogP contribution in [0.15, 0.2) is 24.3 Å². The second-order valence-corrected chi connectivity index (χ2v) is 5.30. The highest BCUT2D eigenvalue weighted by Gasteiger charge is 2.09. The van der Waals surface area contributed by atoms with Gasteiger partial charge in [0, 0.05) is 4.88 Å². The van der Waals surface area contributed by atoms with Crippen LogP contribution >= 0.6 is 11.3 Å². The van der Waals surface area contributed by atoms with Crippen molar-refractivity contribution in [1.82, 2.24) is 4.98 Å². The number of methoxy groups -OCH3 is 1. The lowest BCUT2D eigenvalue weighted by molar-refractivity contribution is 0.304. The fraction of sp³-hybridized carbons (Fsp3) is 0.333. The second kappa shape index (κ2) is 6.92. The van der Waals surface area contributed by atoms with Crippen LogP contribution in [-0.4, -0.2) is 12.1 Å². The summed E-state index contributed by atoms with van der Waals surface area (Å²) in [6, 6.07) is 9.62. The molecule has 104 valence electrons. The highest BCUT2D eigenvalue weighted by Crippen LogP contribution is 2.22. The van der Waals surface area contributed by atoms with Gasteiger partial charge in [-0.25, -0.2) is 4.98 Å². The molecule has 0 atom stereocenters. The van der Waals surface area contributed by atoms with Crippen LogP contribution in [0.1, 0.15) is 22.5 Å². The Morgan fingerprint density at radius 2 is 1.95 bits per heavy atom. The third-order valence-corrected chi connectivity index (χ3v) is 3.89. The number of nitrogens with zero attached hydrogens (tertiary/aromatic N) is 2. The van der Waals surface area contributed by atoms with E-state index in [2.05, 4.69) is 11.1 Å². The van der Waals surface area contributed by atoms with Crippen molar-refractivity contribution in [3.63, 3.8) is 0 Å². The lowest BCUT2D eigenvalue weighted by atomic mass is 10.2. The number of rotatable bonds is 6. The first-order valence-electron chi connectivity index (χ1n) is 6.38. The van der Waals surface area contributed by atoms with E-state index in [1.54, 1.807) is 18.4 Å². The molecule has 2 aromatic rings. The van der Waals surface area contributed by atoms with E-state index in [-0.39, 0.29) is 0 Å². The van der Waals surface area contributed by atoms with Gasteiger partial charge in [0.15, 0.2) is 0 Å². The monoisotopic (exact) mass is 288 g/mol. The summed E-state index contributed by atoms with van der Waals surface area (Å²) < 4.78 is 10.8. The summed E-state index contributed by atoms with van der Waals surface area (Å²) in [4.78, 5) is 5.56. The molecule has 20 heavy (non-hydrogen) atoms. The number of hydrogen-bond donors (Lipinski definition) is 0. The van der Waals surface area contributed by atoms with Crippen molar-refractivity contribution in [2.75, 3.05) is 7.11 Å². The van der Waals surface area contributed by atoms with Gasteiger partial charge in [0.05, 0.1) is 25.3 Å². The lowest BCUT2D eigenvalue weighted by Gasteiger charge is -2.04. The summed E-state index contributed by atoms with van der Waals surface area (Å²) >= 11 is 1.55. The Balaban J connectivity index is 2.01. The first-order chi connectivity index (χ1) is 9.76. The van der Waals surface area contributed by atoms with Crippen molar-refractivity contribution in [1.29, 1.82) is 5.26 Å². The molecule has 0 unspecified atom stereocenters. The minimum Gasteiger partial charge on any atom is -0.497 e. The second-order valence-electron chi connectivity index (χ2n) is 4.13. The van der Waals surface area contributed by atoms with E-state index >= 15 is 0 Å². The van der Waals surface area contributed by atoms with Crippen molar-refractivity contribution < 1.29 is 9.47 Å². The Hall–Kier alpha value is -2.06. The molecule has 0 aliphatic rings. The molecule has 0 amide bonds. The van der Waals surface area contributed by atoms with Crippen LogP contribution < -0.4 is 9.47 Å². The predicted molar refractivity (Wildman–Crippen MR) is 78.1 cm³/mol. The molecule has 0 fully saturated rings. The molecule has 1 heterocycles. The van der Waals surface area contributed by atoms with Gasteiger partial charge in [-0.2, -0.15) is 5.26 Å². The van der Waals surface area contributed by atoms with Crippen molar-refractivity contribution >= 4 is 11.3 Å². The molecule has 0 aliphatic carbocycles. The summed E-state index contributed by atoms with van der Waals surface area (Å²) in [5.74, 6) is 1.58. The average Bonchev–Trinajstić information content (AvgIpc) is 2.88. The normalized spacial score (nSPS) is 10.1. The molecule has 1 aromatic heterocycles. The van der Waals surface area contributed by atoms with E-state index in [9.17, 15) is 0 Å². The maximum Gasteiger partial charge on any atom is 0.140 e. The Kier molecular flexibility index (Phi) is 4.97. The van der Waals surface area contributed by atoms with Crippen molar-refractivity contribution in [2.45, 2.75) is 26.4 Å². The molecule has 0 spiro atoms. The van der Waals surface area contributed by atoms with E-state index in [1.165, 1.54) is 0 Å². The minimum absolute atomic E-state index is 0.420. The quantitative estimate of drug-likeness (QED) is 0.818. The number of aryl methyl sites for hydroxylation is 1. The first-order valence-corrected chi connectivity index (χ1v) is 7.19. The van der Waals surface area contributed by atoms with E-state index in [0.717, 1.165) is 33.5 Å². The van der Waals surface area contributed by atoms with Crippen LogP contribution in [0.2, 0.25) is 0 Å². The van der Waals surface area contributed by atoms with E-state index in [0.29, 0.717) is 13.0 Å². The van der Waals surface area contributed by atoms with Crippen molar-refractivity contribution in [3.05, 3.63) is 39.8 Å². The van der Waals surface area contributed by atoms with Crippen LogP contribution in [0.5, 0.6) is 11.5 Å². The molecule has 1 aromatic carbocycles. The van der Waals surface area contributed by atoms with E-state index < -0.39 is 0 Å². The van der Waals surface area contributed by atoms with Gasteiger partial charge in [0.2, 0.25) is 0 Å². The number of ether oxygens (including phenoxy) is 2. The molecule has 2 rings (SSSR count). The molecule has 0 saturated heterocycles. The van der Waals surface area contributed by atoms with Crippen molar-refractivity contribution in [2.24, 2.45) is 0 Å². The largest absolute Gasteiger partial charge is 0.497 e. The highest BCUT2D eigenvalue weighted by molar-refractivity contribution is 7.11. The molecule has 0 bridgehead atoms. The van der Waals surface area contributed by atoms with E-state index in [4.69, 9.17) is 14.7 Å². The molecule has 0 N–H and O–H groups in total. The van der Waals surface area contributed by atoms with Gasteiger partial charge in [0.1, 0.15) is 23.1 Å². The fourth-order valence-electron chi connectivity index (χ4n) is 1.80. The summed E-state index contributed by atoms with van der Waals surface area (Å²) in [5, 5.41) is 9.70. The lowest BCUT2D eigenvalue weighted by Crippen LogP contribution is -1.95. The topological polar surface area (TPSA) is 55.1 Å². The molecule has 0 saturated carbocycles. The fourth-order valence-corrected chi connectivity index (χ4v) is 2.80. The van der Waals surface area contributed by atoms with Crippen LogP contribution in [-0.2, 0) is 19.4 Å². The summed E-state index contributed by atoms with van der Waals surface area (Å²) in [5.41, 5.74) is 1.00. The van der Waals surface area contributed by atoms with Crippen LogP contribution in [0, 0.1) is 11.3 Å². The maximum absolute atomic E-state index is 8.79. The summed E-state index contributed by atoms with van der Waals surface area (Å²) in [7, 11) is 1.63. The highest BCUT2D eigenvalue weighted by atomic mass is 32.1. The first kappa shape index (κ1) is 14.4. The zero-order valence-electron chi connectivity index (χ0n) is 11.5. The molecular weight excluding hydrogens is 272 g/mol. The Labute approximate surface area is 122 Å². The minimum atomic E-state index is 0.420. The number of hydrogen-bond acceptors (Lipinski definition) is 5. The molecule has 0 radical (unpaired) electrons. The smallest absolute Gasteiger partial charge is 0.140 e. The Morgan fingerprint density at radius 1 is 1.25 bits per heavy atom. The number of thiazole rings is 1. The molecule has 0 aliphatic heterocycles. The third-order valence-electron chi connectivity index (χ3n) is 2.82. The van der Waals surface area contributed by atoms with Crippen LogP contribution in [0.4, 0.5) is 0 Å². The molecular formula is C15H16N2O2S. The molecule has 5 heteroatoms. The maximum atomic E-state index is 8.79. The zero-order valence-corrected chi connectivity index (χ0v) is 12.4. The van der Waals surface area contributed by atoms with Gasteiger partial charge < -0.3 is 9.47 Å². The van der Waals surface area contributed by atoms with Gasteiger partial charge >= 0.3 is 0 Å². The van der Waals surface area contributed by atoms with Crippen molar-refractivity contribution in [3.8, 4) is 17.6 Å². The van der Waals surface area contributed by atoms with Gasteiger partial charge in [0.25, 0.3) is 0 Å². The van der Waals surface area contributed by atoms with E-state index in [1.807, 2.05) is 31.2 Å². The standard InChI is InChI=1S/C15H16N2O2S/c1-3-13-14(8-9-16)20-15(17-13)10-19-12-6-4-11(18-2)5-7-12/h4-7H,3,8,10H2,1-2H3. The summed E-state index contributed by atoms with van der Waals surface area (Å²) in [6.07, 6.45) is 1.26. The van der Waals surface area contributed by atoms with Gasteiger partial charge in [-0.3, -0.25) is 0 Å². The zero-order chi connectivity index (χ0) is 14.4. The van der Waals surface area contributed by atoms with Gasteiger partial charge in [-0.15, -0.1) is 11.3 Å². The van der Waals surface area contributed by atoms with Crippen LogP contribution in [0.25, 0.3) is 0 Å². The molecule has 4 nitrogen and oxygen atoms in total. The Morgan fingerprint density at radius 3 is 2.55 bits per heavy atom. The average molecular weight is 288 g/mol. The number of nitriles is 1. The SMILES string of the molecule is CCc1nc(COc2ccc(OC)cc2)sc1CC#N. The number of benzene rings is 1. The Bertz CT molecular complexity index is 599. The van der Waals surface area contributed by atoms with Gasteiger partial charge in [-0.05, 0) is 30.7 Å². The number of aromatic nitrogens is 1.